The van der Waals surface area contributed by atoms with Gasteiger partial charge in [0.05, 0.1) is 0 Å². The van der Waals surface area contributed by atoms with E-state index >= 15 is 0 Å². The van der Waals surface area contributed by atoms with Gasteiger partial charge in [0.1, 0.15) is 11.3 Å². The highest BCUT2D eigenvalue weighted by atomic mass is 35.5. The number of methoxy groups -OCH3 is 1. The molecule has 5 aliphatic rings. The molecule has 1 aromatic carbocycles. The molecule has 2 N–H and O–H groups in total. The van der Waals surface area contributed by atoms with Crippen LogP contribution in [0.15, 0.2) is 48.7 Å². The standard InChI is InChI=1S/C26H31N3O2.ClH/c1-31-26(19-10-11-28-22(12-19)23(27)30)20-8-5-9-21(26)14-29(13-20)25-15-24(16-25,17-25)18-6-3-2-4-7-18;/h2-4,6-7,10-12,20-21H,5,8-9,13-17H2,1H3,(H2,27,30);1H. The van der Waals surface area contributed by atoms with Crippen molar-refractivity contribution in [3.05, 3.63) is 65.5 Å². The molecule has 1 aromatic heterocycles. The van der Waals surface area contributed by atoms with Gasteiger partial charge >= 0.3 is 0 Å². The van der Waals surface area contributed by atoms with Crippen molar-refractivity contribution in [3.8, 4) is 0 Å². The fourth-order valence-corrected chi connectivity index (χ4v) is 7.72. The lowest BCUT2D eigenvalue weighted by Crippen LogP contribution is -2.79. The van der Waals surface area contributed by atoms with Crippen LogP contribution < -0.4 is 5.73 Å². The van der Waals surface area contributed by atoms with Crippen LogP contribution in [0.25, 0.3) is 0 Å². The van der Waals surface area contributed by atoms with E-state index in [1.54, 1.807) is 6.20 Å². The van der Waals surface area contributed by atoms with Crippen LogP contribution in [0.4, 0.5) is 0 Å². The lowest BCUT2D eigenvalue weighted by molar-refractivity contribution is -0.236. The Bertz CT molecular complexity index is 993. The van der Waals surface area contributed by atoms with Crippen LogP contribution in [-0.2, 0) is 15.8 Å². The van der Waals surface area contributed by atoms with Gasteiger partial charge in [-0.15, -0.1) is 12.4 Å². The van der Waals surface area contributed by atoms with Gasteiger partial charge in [0.2, 0.25) is 0 Å². The molecular weight excluding hydrogens is 422 g/mol. The van der Waals surface area contributed by atoms with Gasteiger partial charge in [0.25, 0.3) is 5.91 Å². The van der Waals surface area contributed by atoms with Crippen LogP contribution in [0.5, 0.6) is 0 Å². The number of aromatic nitrogens is 1. The minimum absolute atomic E-state index is 0. The number of piperidine rings is 1. The van der Waals surface area contributed by atoms with Crippen LogP contribution in [0, 0.1) is 11.8 Å². The first-order chi connectivity index (χ1) is 15.0. The third kappa shape index (κ3) is 2.84. The molecule has 1 saturated heterocycles. The number of nitrogens with zero attached hydrogens (tertiary/aromatic N) is 2. The summed E-state index contributed by atoms with van der Waals surface area (Å²) in [5.41, 5.74) is 8.93. The molecule has 1 aliphatic heterocycles. The summed E-state index contributed by atoms with van der Waals surface area (Å²) in [6.45, 7) is 2.15. The van der Waals surface area contributed by atoms with Crippen molar-refractivity contribution in [2.24, 2.45) is 17.6 Å². The molecule has 4 aliphatic carbocycles. The molecule has 5 fully saturated rings. The van der Waals surface area contributed by atoms with Crippen molar-refractivity contribution in [2.75, 3.05) is 20.2 Å². The SMILES string of the molecule is COC1(c2ccnc(C(N)=O)c2)C2CCCC1CN(C13CC(c4ccccc4)(C1)C3)C2.Cl. The molecule has 2 unspecified atom stereocenters. The monoisotopic (exact) mass is 453 g/mol. The molecule has 4 bridgehead atoms. The first-order valence-electron chi connectivity index (χ1n) is 11.6. The van der Waals surface area contributed by atoms with Crippen molar-refractivity contribution < 1.29 is 9.53 Å². The van der Waals surface area contributed by atoms with Gasteiger partial charge in [-0.05, 0) is 55.4 Å². The molecule has 7 rings (SSSR count). The minimum atomic E-state index is -0.476. The van der Waals surface area contributed by atoms with Crippen molar-refractivity contribution in [2.45, 2.75) is 55.1 Å². The maximum Gasteiger partial charge on any atom is 0.267 e. The Hall–Kier alpha value is -1.95. The number of halogens is 1. The van der Waals surface area contributed by atoms with E-state index in [9.17, 15) is 4.79 Å². The summed E-state index contributed by atoms with van der Waals surface area (Å²) in [5.74, 6) is 0.375. The number of nitrogens with two attached hydrogens (primary N) is 1. The Morgan fingerprint density at radius 3 is 2.31 bits per heavy atom. The van der Waals surface area contributed by atoms with Gasteiger partial charge in [-0.3, -0.25) is 14.7 Å². The third-order valence-electron chi connectivity index (χ3n) is 9.06. The first-order valence-corrected chi connectivity index (χ1v) is 11.6. The number of primary amides is 1. The summed E-state index contributed by atoms with van der Waals surface area (Å²) in [6.07, 6.45) is 9.18. The summed E-state index contributed by atoms with van der Waals surface area (Å²) in [4.78, 5) is 18.7. The topological polar surface area (TPSA) is 68.5 Å². The fraction of sp³-hybridized carbons (Fsp3) is 0.538. The Morgan fingerprint density at radius 1 is 1.06 bits per heavy atom. The second-order valence-electron chi connectivity index (χ2n) is 10.4. The van der Waals surface area contributed by atoms with Gasteiger partial charge in [0.15, 0.2) is 0 Å². The molecule has 2 aromatic rings. The lowest BCUT2D eigenvalue weighted by atomic mass is 9.36. The van der Waals surface area contributed by atoms with Gasteiger partial charge in [-0.25, -0.2) is 0 Å². The highest BCUT2D eigenvalue weighted by Crippen LogP contribution is 2.71. The Balaban J connectivity index is 0.00000216. The summed E-state index contributed by atoms with van der Waals surface area (Å²) in [5, 5.41) is 0. The van der Waals surface area contributed by atoms with E-state index in [1.807, 2.05) is 19.2 Å². The smallest absolute Gasteiger partial charge is 0.267 e. The summed E-state index contributed by atoms with van der Waals surface area (Å²) in [6, 6.07) is 15.0. The minimum Gasteiger partial charge on any atom is -0.373 e. The summed E-state index contributed by atoms with van der Waals surface area (Å²) in [7, 11) is 1.84. The van der Waals surface area contributed by atoms with E-state index in [2.05, 4.69) is 40.2 Å². The zero-order valence-corrected chi connectivity index (χ0v) is 19.4. The average molecular weight is 454 g/mol. The number of fused-ring (bicyclic) bond motifs is 2. The highest BCUT2D eigenvalue weighted by Gasteiger charge is 2.72. The Labute approximate surface area is 196 Å². The molecule has 0 spiro atoms. The molecular formula is C26H32ClN3O2. The molecule has 0 radical (unpaired) electrons. The van der Waals surface area contributed by atoms with E-state index < -0.39 is 5.91 Å². The maximum atomic E-state index is 11.8. The number of hydrogen-bond acceptors (Lipinski definition) is 4. The van der Waals surface area contributed by atoms with E-state index in [-0.39, 0.29) is 18.0 Å². The summed E-state index contributed by atoms with van der Waals surface area (Å²) >= 11 is 0. The van der Waals surface area contributed by atoms with Crippen molar-refractivity contribution in [1.29, 1.82) is 0 Å². The highest BCUT2D eigenvalue weighted by molar-refractivity contribution is 5.90. The predicted molar refractivity (Wildman–Crippen MR) is 126 cm³/mol. The largest absolute Gasteiger partial charge is 0.373 e. The van der Waals surface area contributed by atoms with Gasteiger partial charge in [-0.1, -0.05) is 36.8 Å². The second kappa shape index (κ2) is 7.54. The molecule has 6 heteroatoms. The number of likely N-dealkylation sites (tertiary alicyclic amines) is 1. The van der Waals surface area contributed by atoms with Crippen molar-refractivity contribution in [3.63, 3.8) is 0 Å². The number of ether oxygens (including phenoxy) is 1. The molecule has 32 heavy (non-hydrogen) atoms. The van der Waals surface area contributed by atoms with Crippen LogP contribution in [0.3, 0.4) is 0 Å². The number of amides is 1. The van der Waals surface area contributed by atoms with E-state index in [0.717, 1.165) is 31.5 Å². The second-order valence-corrected chi connectivity index (χ2v) is 10.4. The van der Waals surface area contributed by atoms with Crippen LogP contribution in [0.1, 0.15) is 60.1 Å². The normalized spacial score (nSPS) is 37.5. The molecule has 1 amide bonds. The molecule has 170 valence electrons. The van der Waals surface area contributed by atoms with Crippen LogP contribution in [-0.4, -0.2) is 41.5 Å². The number of benzene rings is 1. The van der Waals surface area contributed by atoms with Crippen LogP contribution >= 0.6 is 12.4 Å². The molecule has 5 nitrogen and oxygen atoms in total. The molecule has 2 atom stereocenters. The zero-order chi connectivity index (χ0) is 21.3. The lowest BCUT2D eigenvalue weighted by Gasteiger charge is -2.76. The van der Waals surface area contributed by atoms with E-state index in [1.165, 1.54) is 31.2 Å². The number of carbonyl (C=O) groups excluding carboxylic acids is 1. The molecule has 4 saturated carbocycles. The van der Waals surface area contributed by atoms with Gasteiger partial charge in [0, 0.05) is 49.2 Å². The zero-order valence-electron chi connectivity index (χ0n) is 18.6. The quantitative estimate of drug-likeness (QED) is 0.741. The fourth-order valence-electron chi connectivity index (χ4n) is 7.72. The third-order valence-corrected chi connectivity index (χ3v) is 9.06. The van der Waals surface area contributed by atoms with Crippen LogP contribution in [0.2, 0.25) is 0 Å². The van der Waals surface area contributed by atoms with Crippen molar-refractivity contribution >= 4 is 18.3 Å². The number of rotatable bonds is 5. The number of carbonyl (C=O) groups is 1. The summed E-state index contributed by atoms with van der Waals surface area (Å²) < 4.78 is 6.37. The van der Waals surface area contributed by atoms with Gasteiger partial charge in [-0.2, -0.15) is 0 Å². The van der Waals surface area contributed by atoms with Gasteiger partial charge < -0.3 is 10.5 Å². The Kier molecular flexibility index (Phi) is 5.16. The Morgan fingerprint density at radius 2 is 1.72 bits per heavy atom. The molecule has 2 heterocycles. The average Bonchev–Trinajstić information content (AvgIpc) is 2.72. The van der Waals surface area contributed by atoms with Crippen molar-refractivity contribution in [1.82, 2.24) is 9.88 Å². The van der Waals surface area contributed by atoms with E-state index in [4.69, 9.17) is 10.5 Å². The number of hydrogen-bond donors (Lipinski definition) is 1. The number of pyridine rings is 1. The predicted octanol–water partition coefficient (Wildman–Crippen LogP) is 4.05. The first kappa shape index (κ1) is 21.9. The maximum absolute atomic E-state index is 11.8. The van der Waals surface area contributed by atoms with E-state index in [0.29, 0.717) is 28.5 Å².